The predicted octanol–water partition coefficient (Wildman–Crippen LogP) is 4.02. The lowest BCUT2D eigenvalue weighted by Gasteiger charge is -2.06. The Hall–Kier alpha value is -1.09. The van der Waals surface area contributed by atoms with Crippen molar-refractivity contribution < 1.29 is 18.0 Å². The van der Waals surface area contributed by atoms with Gasteiger partial charge in [-0.1, -0.05) is 0 Å². The fraction of sp³-hybridized carbons (Fsp3) is 0. The van der Waals surface area contributed by atoms with E-state index in [9.17, 15) is 18.0 Å². The third-order valence-corrected chi connectivity index (χ3v) is 3.90. The van der Waals surface area contributed by atoms with E-state index in [1.165, 1.54) is 11.3 Å². The summed E-state index contributed by atoms with van der Waals surface area (Å²) in [5.41, 5.74) is -0.0476. The molecule has 0 radical (unpaired) electrons. The second kappa shape index (κ2) is 5.27. The first-order chi connectivity index (χ1) is 8.49. The van der Waals surface area contributed by atoms with Gasteiger partial charge in [-0.2, -0.15) is 0 Å². The highest BCUT2D eigenvalue weighted by Gasteiger charge is 2.16. The molecule has 1 N–H and O–H groups in total. The molecule has 0 unspecified atom stereocenters. The van der Waals surface area contributed by atoms with Crippen LogP contribution in [-0.4, -0.2) is 5.91 Å². The van der Waals surface area contributed by atoms with E-state index in [0.717, 1.165) is 15.0 Å². The van der Waals surface area contributed by atoms with Crippen molar-refractivity contribution in [2.45, 2.75) is 0 Å². The van der Waals surface area contributed by atoms with Gasteiger partial charge in [0.25, 0.3) is 5.91 Å². The van der Waals surface area contributed by atoms with Crippen LogP contribution in [0.25, 0.3) is 0 Å². The van der Waals surface area contributed by atoms with E-state index in [1.54, 1.807) is 11.4 Å². The SMILES string of the molecule is O=C(Nc1ccc(F)c(F)c1F)c1csc(I)c1. The zero-order chi connectivity index (χ0) is 13.3. The Bertz CT molecular complexity index is 614. The smallest absolute Gasteiger partial charge is 0.256 e. The summed E-state index contributed by atoms with van der Waals surface area (Å²) >= 11 is 3.39. The molecule has 2 aromatic rings. The normalized spacial score (nSPS) is 10.4. The standard InChI is InChI=1S/C11H5F3INOS/c12-6-1-2-7(10(14)9(6)13)16-11(17)5-3-8(15)18-4-5/h1-4H,(H,16,17). The second-order valence-corrected chi connectivity index (χ2v) is 6.12. The molecule has 0 saturated heterocycles. The van der Waals surface area contributed by atoms with Gasteiger partial charge in [-0.25, -0.2) is 13.2 Å². The van der Waals surface area contributed by atoms with Gasteiger partial charge in [0, 0.05) is 5.38 Å². The van der Waals surface area contributed by atoms with Gasteiger partial charge in [0.15, 0.2) is 17.5 Å². The summed E-state index contributed by atoms with van der Waals surface area (Å²) < 4.78 is 39.9. The van der Waals surface area contributed by atoms with Crippen LogP contribution in [0.15, 0.2) is 23.6 Å². The van der Waals surface area contributed by atoms with Crippen LogP contribution in [-0.2, 0) is 0 Å². The Kier molecular flexibility index (Phi) is 3.91. The molecule has 1 amide bonds. The Morgan fingerprint density at radius 1 is 1.22 bits per heavy atom. The van der Waals surface area contributed by atoms with Crippen molar-refractivity contribution in [3.63, 3.8) is 0 Å². The first-order valence-corrected chi connectivity index (χ1v) is 6.63. The number of anilines is 1. The van der Waals surface area contributed by atoms with Crippen LogP contribution in [0.2, 0.25) is 0 Å². The minimum Gasteiger partial charge on any atom is -0.319 e. The summed E-state index contributed by atoms with van der Waals surface area (Å²) in [6, 6.07) is 3.34. The molecule has 0 aliphatic heterocycles. The van der Waals surface area contributed by atoms with E-state index in [2.05, 4.69) is 5.32 Å². The van der Waals surface area contributed by atoms with Gasteiger partial charge >= 0.3 is 0 Å². The van der Waals surface area contributed by atoms with Gasteiger partial charge in [0.2, 0.25) is 0 Å². The molecular weight excluding hydrogens is 378 g/mol. The molecule has 0 aliphatic carbocycles. The topological polar surface area (TPSA) is 29.1 Å². The Morgan fingerprint density at radius 2 is 1.94 bits per heavy atom. The minimum atomic E-state index is -1.60. The Morgan fingerprint density at radius 3 is 2.56 bits per heavy atom. The van der Waals surface area contributed by atoms with E-state index >= 15 is 0 Å². The molecule has 7 heteroatoms. The fourth-order valence-electron chi connectivity index (χ4n) is 1.25. The largest absolute Gasteiger partial charge is 0.319 e. The predicted molar refractivity (Wildman–Crippen MR) is 71.3 cm³/mol. The molecule has 94 valence electrons. The van der Waals surface area contributed by atoms with Crippen LogP contribution >= 0.6 is 33.9 Å². The number of hydrogen-bond acceptors (Lipinski definition) is 2. The van der Waals surface area contributed by atoms with Crippen molar-refractivity contribution in [1.82, 2.24) is 0 Å². The van der Waals surface area contributed by atoms with Crippen molar-refractivity contribution in [1.29, 1.82) is 0 Å². The number of hydrogen-bond donors (Lipinski definition) is 1. The number of halogens is 4. The van der Waals surface area contributed by atoms with Crippen LogP contribution in [0, 0.1) is 20.3 Å². The molecular formula is C11H5F3INOS. The maximum Gasteiger partial charge on any atom is 0.256 e. The minimum absolute atomic E-state index is 0.341. The summed E-state index contributed by atoms with van der Waals surface area (Å²) in [5, 5.41) is 3.78. The van der Waals surface area contributed by atoms with Gasteiger partial charge in [0.1, 0.15) is 0 Å². The van der Waals surface area contributed by atoms with Gasteiger partial charge in [-0.3, -0.25) is 4.79 Å². The third kappa shape index (κ3) is 2.66. The van der Waals surface area contributed by atoms with Crippen molar-refractivity contribution in [2.24, 2.45) is 0 Å². The van der Waals surface area contributed by atoms with Crippen LogP contribution in [0.4, 0.5) is 18.9 Å². The first-order valence-electron chi connectivity index (χ1n) is 4.68. The number of amides is 1. The Balaban J connectivity index is 2.25. The summed E-state index contributed by atoms with van der Waals surface area (Å²) in [7, 11) is 0. The van der Waals surface area contributed by atoms with E-state index < -0.39 is 23.4 Å². The van der Waals surface area contributed by atoms with Crippen LogP contribution < -0.4 is 5.32 Å². The molecule has 1 aromatic carbocycles. The van der Waals surface area contributed by atoms with Crippen molar-refractivity contribution >= 4 is 45.5 Å². The van der Waals surface area contributed by atoms with Gasteiger partial charge < -0.3 is 5.32 Å². The third-order valence-electron chi connectivity index (χ3n) is 2.11. The maximum atomic E-state index is 13.3. The zero-order valence-corrected chi connectivity index (χ0v) is 11.6. The lowest BCUT2D eigenvalue weighted by atomic mass is 10.2. The van der Waals surface area contributed by atoms with E-state index in [1.807, 2.05) is 22.6 Å². The highest BCUT2D eigenvalue weighted by atomic mass is 127. The van der Waals surface area contributed by atoms with Gasteiger partial charge in [-0.05, 0) is 40.8 Å². The molecule has 1 aromatic heterocycles. The van der Waals surface area contributed by atoms with Crippen LogP contribution in [0.3, 0.4) is 0 Å². The molecule has 18 heavy (non-hydrogen) atoms. The van der Waals surface area contributed by atoms with Crippen molar-refractivity contribution in [2.75, 3.05) is 5.32 Å². The number of nitrogens with one attached hydrogen (secondary N) is 1. The van der Waals surface area contributed by atoms with Crippen molar-refractivity contribution in [3.05, 3.63) is 49.5 Å². The second-order valence-electron chi connectivity index (χ2n) is 3.32. The molecule has 0 bridgehead atoms. The van der Waals surface area contributed by atoms with Crippen LogP contribution in [0.5, 0.6) is 0 Å². The molecule has 2 rings (SSSR count). The van der Waals surface area contributed by atoms with Gasteiger partial charge in [0.05, 0.1) is 14.1 Å². The lowest BCUT2D eigenvalue weighted by molar-refractivity contribution is 0.102. The number of rotatable bonds is 2. The number of benzene rings is 1. The van der Waals surface area contributed by atoms with Crippen LogP contribution in [0.1, 0.15) is 10.4 Å². The highest BCUT2D eigenvalue weighted by Crippen LogP contribution is 2.22. The number of carbonyl (C=O) groups is 1. The lowest BCUT2D eigenvalue weighted by Crippen LogP contribution is -2.13. The molecule has 2 nitrogen and oxygen atoms in total. The monoisotopic (exact) mass is 383 g/mol. The molecule has 0 aliphatic rings. The number of thiophene rings is 1. The van der Waals surface area contributed by atoms with Crippen molar-refractivity contribution in [3.8, 4) is 0 Å². The Labute approximate surface area is 118 Å². The molecule has 0 atom stereocenters. The molecule has 0 saturated carbocycles. The van der Waals surface area contributed by atoms with Gasteiger partial charge in [-0.15, -0.1) is 11.3 Å². The molecule has 1 heterocycles. The summed E-state index contributed by atoms with van der Waals surface area (Å²) in [4.78, 5) is 11.7. The summed E-state index contributed by atoms with van der Waals surface area (Å²) in [6.45, 7) is 0. The maximum absolute atomic E-state index is 13.3. The van der Waals surface area contributed by atoms with E-state index in [0.29, 0.717) is 5.56 Å². The first kappa shape index (κ1) is 13.3. The molecule has 0 spiro atoms. The number of carbonyl (C=O) groups excluding carboxylic acids is 1. The highest BCUT2D eigenvalue weighted by molar-refractivity contribution is 14.1. The quantitative estimate of drug-likeness (QED) is 0.616. The van der Waals surface area contributed by atoms with E-state index in [-0.39, 0.29) is 5.69 Å². The average molecular weight is 383 g/mol. The van der Waals surface area contributed by atoms with E-state index in [4.69, 9.17) is 0 Å². The average Bonchev–Trinajstić information content (AvgIpc) is 2.77. The zero-order valence-electron chi connectivity index (χ0n) is 8.64. The molecule has 0 fully saturated rings. The summed E-state index contributed by atoms with van der Waals surface area (Å²) in [5.74, 6) is -4.88. The fourth-order valence-corrected chi connectivity index (χ4v) is 2.57. The summed E-state index contributed by atoms with van der Waals surface area (Å²) in [6.07, 6.45) is 0.